The highest BCUT2D eigenvalue weighted by atomic mass is 19.1. The van der Waals surface area contributed by atoms with Crippen LogP contribution in [0.4, 0.5) is 10.1 Å². The van der Waals surface area contributed by atoms with Crippen LogP contribution in [0.15, 0.2) is 18.2 Å². The Morgan fingerprint density at radius 1 is 1.25 bits per heavy atom. The highest BCUT2D eigenvalue weighted by Gasteiger charge is 2.20. The van der Waals surface area contributed by atoms with Gasteiger partial charge < -0.3 is 4.90 Å². The minimum Gasteiger partial charge on any atom is -0.310 e. The van der Waals surface area contributed by atoms with Crippen molar-refractivity contribution in [3.63, 3.8) is 0 Å². The Kier molecular flexibility index (Phi) is 3.22. The molecule has 1 aliphatic rings. The number of rotatable bonds is 1. The van der Waals surface area contributed by atoms with Crippen molar-refractivity contribution in [1.82, 2.24) is 0 Å². The van der Waals surface area contributed by atoms with Crippen molar-refractivity contribution >= 4 is 11.6 Å². The summed E-state index contributed by atoms with van der Waals surface area (Å²) >= 11 is 0. The van der Waals surface area contributed by atoms with Crippen molar-refractivity contribution in [1.29, 1.82) is 0 Å². The van der Waals surface area contributed by atoms with E-state index in [1.165, 1.54) is 6.07 Å². The van der Waals surface area contributed by atoms with Gasteiger partial charge in [-0.25, -0.2) is 4.39 Å². The third-order valence-electron chi connectivity index (χ3n) is 2.97. The summed E-state index contributed by atoms with van der Waals surface area (Å²) in [5.74, 6) is -0.254. The molecule has 1 aliphatic heterocycles. The van der Waals surface area contributed by atoms with Gasteiger partial charge in [0.05, 0.1) is 5.69 Å². The van der Waals surface area contributed by atoms with Gasteiger partial charge in [0.1, 0.15) is 5.82 Å². The Morgan fingerprint density at radius 2 is 2.06 bits per heavy atom. The summed E-state index contributed by atoms with van der Waals surface area (Å²) in [5.41, 5.74) is 1.31. The fraction of sp³-hybridized carbons (Fsp3) is 0.462. The number of amides is 1. The Hall–Kier alpha value is -1.38. The van der Waals surface area contributed by atoms with Gasteiger partial charge in [-0.1, -0.05) is 12.5 Å². The molecule has 16 heavy (non-hydrogen) atoms. The molecule has 1 amide bonds. The average molecular weight is 221 g/mol. The second-order valence-electron chi connectivity index (χ2n) is 4.31. The first kappa shape index (κ1) is 11.1. The molecule has 1 saturated heterocycles. The van der Waals surface area contributed by atoms with E-state index in [4.69, 9.17) is 0 Å². The van der Waals surface area contributed by atoms with Crippen LogP contribution in [0.2, 0.25) is 0 Å². The Bertz CT molecular complexity index is 403. The first-order valence-corrected chi connectivity index (χ1v) is 5.75. The maximum Gasteiger partial charge on any atom is 0.227 e. The number of anilines is 1. The molecule has 1 fully saturated rings. The highest BCUT2D eigenvalue weighted by molar-refractivity contribution is 5.93. The number of aryl methyl sites for hydroxylation is 1. The molecule has 0 radical (unpaired) electrons. The van der Waals surface area contributed by atoms with E-state index >= 15 is 0 Å². The van der Waals surface area contributed by atoms with Gasteiger partial charge in [-0.05, 0) is 37.5 Å². The van der Waals surface area contributed by atoms with E-state index in [0.29, 0.717) is 18.7 Å². The Morgan fingerprint density at radius 3 is 2.81 bits per heavy atom. The SMILES string of the molecule is Cc1ccc(N2CCCCCC2=O)c(F)c1. The van der Waals surface area contributed by atoms with E-state index in [1.807, 2.05) is 13.0 Å². The molecule has 0 bridgehead atoms. The summed E-state index contributed by atoms with van der Waals surface area (Å²) in [4.78, 5) is 13.4. The van der Waals surface area contributed by atoms with Gasteiger partial charge in [0.2, 0.25) is 5.91 Å². The number of carbonyl (C=O) groups excluding carboxylic acids is 1. The third kappa shape index (κ3) is 2.23. The topological polar surface area (TPSA) is 20.3 Å². The summed E-state index contributed by atoms with van der Waals surface area (Å²) in [5, 5.41) is 0. The molecule has 2 rings (SSSR count). The van der Waals surface area contributed by atoms with E-state index in [9.17, 15) is 9.18 Å². The summed E-state index contributed by atoms with van der Waals surface area (Å²) in [6.45, 7) is 2.48. The van der Waals surface area contributed by atoms with E-state index < -0.39 is 0 Å². The molecule has 0 N–H and O–H groups in total. The van der Waals surface area contributed by atoms with Gasteiger partial charge in [-0.15, -0.1) is 0 Å². The zero-order valence-electron chi connectivity index (χ0n) is 9.50. The molecule has 0 aromatic heterocycles. The predicted octanol–water partition coefficient (Wildman–Crippen LogP) is 3.04. The van der Waals surface area contributed by atoms with Crippen LogP contribution < -0.4 is 4.90 Å². The highest BCUT2D eigenvalue weighted by Crippen LogP contribution is 2.24. The summed E-state index contributed by atoms with van der Waals surface area (Å²) in [6, 6.07) is 5.03. The first-order valence-electron chi connectivity index (χ1n) is 5.75. The molecular weight excluding hydrogens is 205 g/mol. The van der Waals surface area contributed by atoms with Crippen LogP contribution in [0.25, 0.3) is 0 Å². The van der Waals surface area contributed by atoms with E-state index in [0.717, 1.165) is 24.8 Å². The minimum absolute atomic E-state index is 0.0419. The normalized spacial score (nSPS) is 17.4. The molecule has 3 heteroatoms. The number of hydrogen-bond donors (Lipinski definition) is 0. The molecule has 0 saturated carbocycles. The monoisotopic (exact) mass is 221 g/mol. The van der Waals surface area contributed by atoms with Gasteiger partial charge in [0.15, 0.2) is 0 Å². The predicted molar refractivity (Wildman–Crippen MR) is 62.0 cm³/mol. The molecule has 2 nitrogen and oxygen atoms in total. The van der Waals surface area contributed by atoms with Crippen LogP contribution in [-0.2, 0) is 4.79 Å². The van der Waals surface area contributed by atoms with Gasteiger partial charge in [-0.2, -0.15) is 0 Å². The molecule has 0 unspecified atom stereocenters. The standard InChI is InChI=1S/C13H16FNO/c1-10-6-7-12(11(14)9-10)15-8-4-2-3-5-13(15)16/h6-7,9H,2-5,8H2,1H3. The average Bonchev–Trinajstić information content (AvgIpc) is 2.44. The molecule has 0 aliphatic carbocycles. The first-order chi connectivity index (χ1) is 7.68. The lowest BCUT2D eigenvalue weighted by atomic mass is 10.2. The second kappa shape index (κ2) is 4.64. The maximum atomic E-state index is 13.7. The van der Waals surface area contributed by atoms with Crippen LogP contribution >= 0.6 is 0 Å². The van der Waals surface area contributed by atoms with Gasteiger partial charge in [-0.3, -0.25) is 4.79 Å². The zero-order chi connectivity index (χ0) is 11.5. The van der Waals surface area contributed by atoms with Crippen LogP contribution in [0.1, 0.15) is 31.2 Å². The summed E-state index contributed by atoms with van der Waals surface area (Å²) in [7, 11) is 0. The van der Waals surface area contributed by atoms with Crippen LogP contribution in [0, 0.1) is 12.7 Å². The summed E-state index contributed by atoms with van der Waals surface area (Å²) < 4.78 is 13.7. The van der Waals surface area contributed by atoms with Gasteiger partial charge >= 0.3 is 0 Å². The van der Waals surface area contributed by atoms with E-state index in [1.54, 1.807) is 11.0 Å². The van der Waals surface area contributed by atoms with Crippen molar-refractivity contribution in [2.24, 2.45) is 0 Å². The molecule has 1 aromatic carbocycles. The lowest BCUT2D eigenvalue weighted by molar-refractivity contribution is -0.118. The Balaban J connectivity index is 2.30. The van der Waals surface area contributed by atoms with Crippen molar-refractivity contribution < 1.29 is 9.18 Å². The van der Waals surface area contributed by atoms with E-state index in [-0.39, 0.29) is 11.7 Å². The minimum atomic E-state index is -0.296. The van der Waals surface area contributed by atoms with Gasteiger partial charge in [0.25, 0.3) is 0 Å². The maximum absolute atomic E-state index is 13.7. The van der Waals surface area contributed by atoms with Crippen LogP contribution in [0.3, 0.4) is 0 Å². The summed E-state index contributed by atoms with van der Waals surface area (Å²) in [6.07, 6.45) is 3.46. The fourth-order valence-corrected chi connectivity index (χ4v) is 2.07. The van der Waals surface area contributed by atoms with Crippen LogP contribution in [-0.4, -0.2) is 12.5 Å². The second-order valence-corrected chi connectivity index (χ2v) is 4.31. The van der Waals surface area contributed by atoms with E-state index in [2.05, 4.69) is 0 Å². The lowest BCUT2D eigenvalue weighted by Gasteiger charge is -2.21. The number of benzene rings is 1. The molecular formula is C13H16FNO. The third-order valence-corrected chi connectivity index (χ3v) is 2.97. The smallest absolute Gasteiger partial charge is 0.227 e. The van der Waals surface area contributed by atoms with Crippen molar-refractivity contribution in [3.8, 4) is 0 Å². The largest absolute Gasteiger partial charge is 0.310 e. The quantitative estimate of drug-likeness (QED) is 0.713. The molecule has 1 heterocycles. The number of carbonyl (C=O) groups is 1. The zero-order valence-corrected chi connectivity index (χ0v) is 9.50. The number of nitrogens with zero attached hydrogens (tertiary/aromatic N) is 1. The Labute approximate surface area is 95.1 Å². The van der Waals surface area contributed by atoms with Crippen LogP contribution in [0.5, 0.6) is 0 Å². The fourth-order valence-electron chi connectivity index (χ4n) is 2.07. The number of halogens is 1. The molecule has 86 valence electrons. The van der Waals surface area contributed by atoms with Crippen molar-refractivity contribution in [3.05, 3.63) is 29.6 Å². The van der Waals surface area contributed by atoms with Crippen molar-refractivity contribution in [2.75, 3.05) is 11.4 Å². The van der Waals surface area contributed by atoms with Gasteiger partial charge in [0, 0.05) is 13.0 Å². The number of hydrogen-bond acceptors (Lipinski definition) is 1. The molecule has 0 spiro atoms. The van der Waals surface area contributed by atoms with Crippen molar-refractivity contribution in [2.45, 2.75) is 32.6 Å². The molecule has 1 aromatic rings. The lowest BCUT2D eigenvalue weighted by Crippen LogP contribution is -2.30. The molecule has 0 atom stereocenters.